The van der Waals surface area contributed by atoms with Gasteiger partial charge in [0.2, 0.25) is 0 Å². The van der Waals surface area contributed by atoms with Crippen LogP contribution in [0.4, 0.5) is 0 Å². The molecule has 0 aliphatic heterocycles. The Kier molecular flexibility index (Phi) is 2.18. The third kappa shape index (κ3) is 1.70. The van der Waals surface area contributed by atoms with Crippen LogP contribution in [0, 0.1) is 0 Å². The summed E-state index contributed by atoms with van der Waals surface area (Å²) in [5.41, 5.74) is 2.44. The number of H-pyrrole nitrogens is 1. The number of hydrogen-bond donors (Lipinski definition) is 1. The summed E-state index contributed by atoms with van der Waals surface area (Å²) in [4.78, 5) is 3.42. The van der Waals surface area contributed by atoms with Crippen molar-refractivity contribution in [3.8, 4) is 0 Å². The SMILES string of the molecule is c1cc[n+](Cc2cc3ccccc3[nH]2)cc1. The van der Waals surface area contributed by atoms with Gasteiger partial charge in [-0.05, 0) is 17.5 Å². The van der Waals surface area contributed by atoms with Gasteiger partial charge in [0.1, 0.15) is 0 Å². The van der Waals surface area contributed by atoms with Gasteiger partial charge in [-0.25, -0.2) is 0 Å². The largest absolute Gasteiger partial charge is 0.353 e. The Balaban J connectivity index is 1.95. The smallest absolute Gasteiger partial charge is 0.188 e. The normalized spacial score (nSPS) is 10.8. The highest BCUT2D eigenvalue weighted by Crippen LogP contribution is 2.14. The Morgan fingerprint density at radius 2 is 1.75 bits per heavy atom. The van der Waals surface area contributed by atoms with Gasteiger partial charge in [0.25, 0.3) is 0 Å². The molecule has 2 nitrogen and oxygen atoms in total. The standard InChI is InChI=1S/C14H13N2/c1-4-8-16(9-5-1)11-13-10-12-6-2-3-7-14(12)15-13/h1-10,15H,11H2/q+1. The van der Waals surface area contributed by atoms with E-state index >= 15 is 0 Å². The molecule has 0 saturated carbocycles. The molecule has 0 bridgehead atoms. The van der Waals surface area contributed by atoms with Crippen LogP contribution in [0.15, 0.2) is 60.9 Å². The van der Waals surface area contributed by atoms with Gasteiger partial charge >= 0.3 is 0 Å². The second-order valence-electron chi connectivity index (χ2n) is 3.93. The second kappa shape index (κ2) is 3.81. The van der Waals surface area contributed by atoms with E-state index in [4.69, 9.17) is 0 Å². The average Bonchev–Trinajstić information content (AvgIpc) is 2.72. The molecule has 0 atom stereocenters. The van der Waals surface area contributed by atoms with Crippen LogP contribution in [0.5, 0.6) is 0 Å². The van der Waals surface area contributed by atoms with Crippen molar-refractivity contribution in [3.05, 3.63) is 66.6 Å². The first-order valence-corrected chi connectivity index (χ1v) is 5.42. The molecular formula is C14H13N2+. The zero-order valence-electron chi connectivity index (χ0n) is 8.93. The summed E-state index contributed by atoms with van der Waals surface area (Å²) >= 11 is 0. The Morgan fingerprint density at radius 3 is 2.56 bits per heavy atom. The summed E-state index contributed by atoms with van der Waals surface area (Å²) in [6.45, 7) is 0.884. The molecule has 0 aliphatic carbocycles. The fraction of sp³-hybridized carbons (Fsp3) is 0.0714. The number of nitrogens with zero attached hydrogens (tertiary/aromatic N) is 1. The molecule has 3 aromatic rings. The maximum absolute atomic E-state index is 3.42. The second-order valence-corrected chi connectivity index (χ2v) is 3.93. The van der Waals surface area contributed by atoms with E-state index in [0.717, 1.165) is 6.54 Å². The van der Waals surface area contributed by atoms with E-state index < -0.39 is 0 Å². The predicted octanol–water partition coefficient (Wildman–Crippen LogP) is 2.50. The summed E-state index contributed by atoms with van der Waals surface area (Å²) in [5.74, 6) is 0. The zero-order valence-corrected chi connectivity index (χ0v) is 8.93. The first-order chi connectivity index (χ1) is 7.92. The lowest BCUT2D eigenvalue weighted by Gasteiger charge is -1.92. The first-order valence-electron chi connectivity index (χ1n) is 5.42. The topological polar surface area (TPSA) is 19.7 Å². The van der Waals surface area contributed by atoms with Gasteiger partial charge < -0.3 is 4.98 Å². The van der Waals surface area contributed by atoms with E-state index in [-0.39, 0.29) is 0 Å². The molecule has 0 aliphatic rings. The van der Waals surface area contributed by atoms with Crippen LogP contribution in [-0.4, -0.2) is 4.98 Å². The summed E-state index contributed by atoms with van der Waals surface area (Å²) in [6, 6.07) is 16.7. The van der Waals surface area contributed by atoms with Gasteiger partial charge in [-0.2, -0.15) is 4.57 Å². The molecular weight excluding hydrogens is 196 g/mol. The van der Waals surface area contributed by atoms with Gasteiger partial charge in [0.05, 0.1) is 5.69 Å². The van der Waals surface area contributed by atoms with E-state index in [1.165, 1.54) is 16.6 Å². The minimum Gasteiger partial charge on any atom is -0.353 e. The summed E-state index contributed by atoms with van der Waals surface area (Å²) < 4.78 is 2.16. The van der Waals surface area contributed by atoms with E-state index in [1.54, 1.807) is 0 Å². The minimum atomic E-state index is 0.884. The highest BCUT2D eigenvalue weighted by molar-refractivity contribution is 5.80. The van der Waals surface area contributed by atoms with E-state index in [1.807, 2.05) is 18.2 Å². The minimum absolute atomic E-state index is 0.884. The van der Waals surface area contributed by atoms with Gasteiger partial charge in [0, 0.05) is 17.6 Å². The Hall–Kier alpha value is -2.09. The number of aromatic nitrogens is 2. The van der Waals surface area contributed by atoms with Crippen LogP contribution in [0.2, 0.25) is 0 Å². The van der Waals surface area contributed by atoms with E-state index in [9.17, 15) is 0 Å². The molecule has 2 heteroatoms. The van der Waals surface area contributed by atoms with Crippen LogP contribution >= 0.6 is 0 Å². The van der Waals surface area contributed by atoms with Crippen molar-refractivity contribution in [1.82, 2.24) is 4.98 Å². The Bertz CT molecular complexity index is 563. The molecule has 1 aromatic carbocycles. The molecule has 2 aromatic heterocycles. The Labute approximate surface area is 94.2 Å². The third-order valence-corrected chi connectivity index (χ3v) is 2.72. The van der Waals surface area contributed by atoms with Crippen molar-refractivity contribution in [2.45, 2.75) is 6.54 Å². The molecule has 78 valence electrons. The van der Waals surface area contributed by atoms with Crippen molar-refractivity contribution in [2.24, 2.45) is 0 Å². The molecule has 0 radical (unpaired) electrons. The van der Waals surface area contributed by atoms with Crippen molar-refractivity contribution < 1.29 is 4.57 Å². The maximum Gasteiger partial charge on any atom is 0.188 e. The fourth-order valence-corrected chi connectivity index (χ4v) is 1.96. The fourth-order valence-electron chi connectivity index (χ4n) is 1.96. The quantitative estimate of drug-likeness (QED) is 0.626. The lowest BCUT2D eigenvalue weighted by atomic mass is 10.2. The molecule has 0 amide bonds. The summed E-state index contributed by atoms with van der Waals surface area (Å²) in [5, 5.41) is 1.27. The van der Waals surface area contributed by atoms with Crippen molar-refractivity contribution in [1.29, 1.82) is 0 Å². The zero-order chi connectivity index (χ0) is 10.8. The number of para-hydroxylation sites is 1. The number of fused-ring (bicyclic) bond motifs is 1. The van der Waals surface area contributed by atoms with E-state index in [0.29, 0.717) is 0 Å². The number of rotatable bonds is 2. The van der Waals surface area contributed by atoms with Crippen LogP contribution in [0.25, 0.3) is 10.9 Å². The molecule has 0 unspecified atom stereocenters. The third-order valence-electron chi connectivity index (χ3n) is 2.72. The molecule has 3 rings (SSSR count). The average molecular weight is 209 g/mol. The van der Waals surface area contributed by atoms with Gasteiger partial charge in [-0.3, -0.25) is 0 Å². The van der Waals surface area contributed by atoms with Crippen LogP contribution in [-0.2, 0) is 6.54 Å². The summed E-state index contributed by atoms with van der Waals surface area (Å²) in [6.07, 6.45) is 4.15. The number of benzene rings is 1. The summed E-state index contributed by atoms with van der Waals surface area (Å²) in [7, 11) is 0. The number of aromatic amines is 1. The molecule has 0 saturated heterocycles. The molecule has 0 fully saturated rings. The molecule has 2 heterocycles. The van der Waals surface area contributed by atoms with Crippen LogP contribution < -0.4 is 4.57 Å². The molecule has 1 N–H and O–H groups in total. The lowest BCUT2D eigenvalue weighted by Crippen LogP contribution is -2.32. The number of pyridine rings is 1. The predicted molar refractivity (Wildman–Crippen MR) is 64.0 cm³/mol. The van der Waals surface area contributed by atoms with Crippen LogP contribution in [0.1, 0.15) is 5.69 Å². The van der Waals surface area contributed by atoms with Crippen LogP contribution in [0.3, 0.4) is 0 Å². The monoisotopic (exact) mass is 209 g/mol. The van der Waals surface area contributed by atoms with Crippen molar-refractivity contribution in [3.63, 3.8) is 0 Å². The van der Waals surface area contributed by atoms with Crippen molar-refractivity contribution in [2.75, 3.05) is 0 Å². The van der Waals surface area contributed by atoms with E-state index in [2.05, 4.69) is 52.3 Å². The highest BCUT2D eigenvalue weighted by Gasteiger charge is 2.04. The number of hydrogen-bond acceptors (Lipinski definition) is 0. The lowest BCUT2D eigenvalue weighted by molar-refractivity contribution is -0.688. The van der Waals surface area contributed by atoms with Crippen molar-refractivity contribution >= 4 is 10.9 Å². The van der Waals surface area contributed by atoms with Gasteiger partial charge in [0.15, 0.2) is 18.9 Å². The molecule has 0 spiro atoms. The first kappa shape index (κ1) is 9.16. The molecule has 16 heavy (non-hydrogen) atoms. The highest BCUT2D eigenvalue weighted by atomic mass is 14.9. The van der Waals surface area contributed by atoms with Gasteiger partial charge in [-0.15, -0.1) is 0 Å². The van der Waals surface area contributed by atoms with Gasteiger partial charge in [-0.1, -0.05) is 24.3 Å². The maximum atomic E-state index is 3.42. The Morgan fingerprint density at radius 1 is 0.938 bits per heavy atom. The number of nitrogens with one attached hydrogen (secondary N) is 1.